The number of thiophene rings is 1. The van der Waals surface area contributed by atoms with Crippen LogP contribution in [0.1, 0.15) is 15.9 Å². The van der Waals surface area contributed by atoms with Crippen LogP contribution in [-0.4, -0.2) is 18.0 Å². The summed E-state index contributed by atoms with van der Waals surface area (Å²) in [5.41, 5.74) is 1.64. The Labute approximate surface area is 123 Å². The van der Waals surface area contributed by atoms with Gasteiger partial charge in [-0.3, -0.25) is 4.79 Å². The Morgan fingerprint density at radius 3 is 2.94 bits per heavy atom. The lowest BCUT2D eigenvalue weighted by molar-refractivity contribution is 0.0951. The molecule has 1 amide bonds. The van der Waals surface area contributed by atoms with Gasteiger partial charge in [-0.1, -0.05) is 6.07 Å². The van der Waals surface area contributed by atoms with Crippen molar-refractivity contribution in [2.24, 2.45) is 0 Å². The Balaban J connectivity index is 1.92. The van der Waals surface area contributed by atoms with E-state index >= 15 is 0 Å². The van der Waals surface area contributed by atoms with Gasteiger partial charge < -0.3 is 10.1 Å². The first-order valence-corrected chi connectivity index (χ1v) is 7.16. The van der Waals surface area contributed by atoms with Crippen molar-refractivity contribution in [2.45, 2.75) is 6.54 Å². The SMILES string of the molecule is COc1ccc(CNC(=O)c2csc(I)c2)cn1. The van der Waals surface area contributed by atoms with Crippen LogP contribution >= 0.6 is 33.9 Å². The van der Waals surface area contributed by atoms with E-state index in [0.717, 1.165) is 8.45 Å². The normalized spacial score (nSPS) is 10.1. The van der Waals surface area contributed by atoms with Gasteiger partial charge in [0.15, 0.2) is 0 Å². The Hall–Kier alpha value is -1.15. The number of hydrogen-bond donors (Lipinski definition) is 1. The molecule has 0 spiro atoms. The maximum absolute atomic E-state index is 11.8. The maximum atomic E-state index is 11.8. The predicted octanol–water partition coefficient (Wildman–Crippen LogP) is 2.69. The summed E-state index contributed by atoms with van der Waals surface area (Å²) in [6.45, 7) is 0.461. The molecule has 4 nitrogen and oxygen atoms in total. The van der Waals surface area contributed by atoms with E-state index in [0.29, 0.717) is 18.0 Å². The van der Waals surface area contributed by atoms with E-state index in [1.165, 1.54) is 0 Å². The summed E-state index contributed by atoms with van der Waals surface area (Å²) < 4.78 is 6.07. The highest BCUT2D eigenvalue weighted by atomic mass is 127. The highest BCUT2D eigenvalue weighted by Crippen LogP contribution is 2.16. The van der Waals surface area contributed by atoms with Gasteiger partial charge in [0, 0.05) is 24.2 Å². The Kier molecular flexibility index (Phi) is 4.54. The number of nitrogens with one attached hydrogen (secondary N) is 1. The minimum Gasteiger partial charge on any atom is -0.481 e. The molecule has 6 heteroatoms. The number of pyridine rings is 1. The van der Waals surface area contributed by atoms with Gasteiger partial charge in [0.05, 0.1) is 15.6 Å². The Bertz CT molecular complexity index is 539. The average molecular weight is 374 g/mol. The lowest BCUT2D eigenvalue weighted by atomic mass is 10.2. The molecule has 0 unspecified atom stereocenters. The molecule has 94 valence electrons. The number of hydrogen-bond acceptors (Lipinski definition) is 4. The number of nitrogens with zero attached hydrogens (tertiary/aromatic N) is 1. The smallest absolute Gasteiger partial charge is 0.252 e. The number of ether oxygens (including phenoxy) is 1. The largest absolute Gasteiger partial charge is 0.481 e. The van der Waals surface area contributed by atoms with E-state index in [2.05, 4.69) is 32.9 Å². The first-order chi connectivity index (χ1) is 8.69. The maximum Gasteiger partial charge on any atom is 0.252 e. The number of carbonyl (C=O) groups excluding carboxylic acids is 1. The van der Waals surface area contributed by atoms with Crippen LogP contribution < -0.4 is 10.1 Å². The number of rotatable bonds is 4. The minimum atomic E-state index is -0.0648. The van der Waals surface area contributed by atoms with Crippen molar-refractivity contribution in [1.29, 1.82) is 0 Å². The zero-order chi connectivity index (χ0) is 13.0. The molecule has 0 bridgehead atoms. The molecular formula is C12H11IN2O2S. The topological polar surface area (TPSA) is 51.2 Å². The second kappa shape index (κ2) is 6.14. The molecule has 0 fully saturated rings. The predicted molar refractivity (Wildman–Crippen MR) is 79.0 cm³/mol. The van der Waals surface area contributed by atoms with E-state index in [-0.39, 0.29) is 5.91 Å². The summed E-state index contributed by atoms with van der Waals surface area (Å²) in [7, 11) is 1.57. The zero-order valence-corrected chi connectivity index (χ0v) is 12.6. The van der Waals surface area contributed by atoms with Crippen LogP contribution in [0.3, 0.4) is 0 Å². The summed E-state index contributed by atoms with van der Waals surface area (Å²) in [5, 5.41) is 4.70. The Morgan fingerprint density at radius 1 is 1.56 bits per heavy atom. The second-order valence-electron chi connectivity index (χ2n) is 3.53. The summed E-state index contributed by atoms with van der Waals surface area (Å²) in [4.78, 5) is 15.9. The molecule has 0 aromatic carbocycles. The van der Waals surface area contributed by atoms with Gasteiger partial charge in [-0.25, -0.2) is 4.98 Å². The molecule has 0 aliphatic heterocycles. The van der Waals surface area contributed by atoms with Gasteiger partial charge in [0.25, 0.3) is 5.91 Å². The molecule has 2 heterocycles. The quantitative estimate of drug-likeness (QED) is 0.838. The summed E-state index contributed by atoms with van der Waals surface area (Å²) in [6, 6.07) is 5.52. The molecule has 2 aromatic rings. The van der Waals surface area contributed by atoms with Crippen molar-refractivity contribution in [3.63, 3.8) is 0 Å². The molecule has 0 aliphatic rings. The summed E-state index contributed by atoms with van der Waals surface area (Å²) >= 11 is 3.75. The van der Waals surface area contributed by atoms with E-state index in [4.69, 9.17) is 4.74 Å². The van der Waals surface area contributed by atoms with Crippen LogP contribution in [0.25, 0.3) is 0 Å². The monoisotopic (exact) mass is 374 g/mol. The number of halogens is 1. The first-order valence-electron chi connectivity index (χ1n) is 5.20. The van der Waals surface area contributed by atoms with Crippen molar-refractivity contribution in [3.8, 4) is 5.88 Å². The third kappa shape index (κ3) is 3.42. The van der Waals surface area contributed by atoms with Crippen molar-refractivity contribution in [2.75, 3.05) is 7.11 Å². The van der Waals surface area contributed by atoms with Crippen LogP contribution in [0, 0.1) is 2.88 Å². The molecule has 18 heavy (non-hydrogen) atoms. The lowest BCUT2D eigenvalue weighted by Gasteiger charge is -2.04. The van der Waals surface area contributed by atoms with E-state index < -0.39 is 0 Å². The van der Waals surface area contributed by atoms with Gasteiger partial charge >= 0.3 is 0 Å². The van der Waals surface area contributed by atoms with Gasteiger partial charge in [0.1, 0.15) is 0 Å². The molecule has 2 rings (SSSR count). The fourth-order valence-electron chi connectivity index (χ4n) is 1.35. The van der Waals surface area contributed by atoms with E-state index in [1.807, 2.05) is 17.5 Å². The highest BCUT2D eigenvalue weighted by molar-refractivity contribution is 14.1. The van der Waals surface area contributed by atoms with Crippen molar-refractivity contribution in [3.05, 3.63) is 43.8 Å². The van der Waals surface area contributed by atoms with Crippen molar-refractivity contribution >= 4 is 39.8 Å². The first kappa shape index (κ1) is 13.3. The lowest BCUT2D eigenvalue weighted by Crippen LogP contribution is -2.22. The van der Waals surface area contributed by atoms with Gasteiger partial charge in [-0.05, 0) is 34.2 Å². The molecular weight excluding hydrogens is 363 g/mol. The van der Waals surface area contributed by atoms with Crippen molar-refractivity contribution < 1.29 is 9.53 Å². The fourth-order valence-corrected chi connectivity index (χ4v) is 2.68. The van der Waals surface area contributed by atoms with Crippen LogP contribution in [0.15, 0.2) is 29.8 Å². The van der Waals surface area contributed by atoms with Crippen LogP contribution in [0.5, 0.6) is 5.88 Å². The third-order valence-corrected chi connectivity index (χ3v) is 4.08. The molecule has 1 N–H and O–H groups in total. The van der Waals surface area contributed by atoms with Gasteiger partial charge in [0.2, 0.25) is 5.88 Å². The number of carbonyl (C=O) groups is 1. The molecule has 0 saturated carbocycles. The van der Waals surface area contributed by atoms with E-state index in [1.54, 1.807) is 30.7 Å². The average Bonchev–Trinajstić information content (AvgIpc) is 2.83. The van der Waals surface area contributed by atoms with Crippen LogP contribution in [0.4, 0.5) is 0 Å². The Morgan fingerprint density at radius 2 is 2.39 bits per heavy atom. The van der Waals surface area contributed by atoms with Gasteiger partial charge in [-0.2, -0.15) is 0 Å². The standard InChI is InChI=1S/C12H11IN2O2S/c1-17-11-3-2-8(5-14-11)6-15-12(16)9-4-10(13)18-7-9/h2-5,7H,6H2,1H3,(H,15,16). The second-order valence-corrected chi connectivity index (χ2v) is 6.34. The minimum absolute atomic E-state index is 0.0648. The molecule has 0 aliphatic carbocycles. The highest BCUT2D eigenvalue weighted by Gasteiger charge is 2.07. The van der Waals surface area contributed by atoms with Crippen LogP contribution in [-0.2, 0) is 6.54 Å². The zero-order valence-electron chi connectivity index (χ0n) is 9.64. The fraction of sp³-hybridized carbons (Fsp3) is 0.167. The summed E-state index contributed by atoms with van der Waals surface area (Å²) in [5.74, 6) is 0.502. The van der Waals surface area contributed by atoms with Crippen LogP contribution in [0.2, 0.25) is 0 Å². The number of amides is 1. The molecule has 0 atom stereocenters. The third-order valence-electron chi connectivity index (χ3n) is 2.29. The van der Waals surface area contributed by atoms with Crippen molar-refractivity contribution in [1.82, 2.24) is 10.3 Å². The van der Waals surface area contributed by atoms with E-state index in [9.17, 15) is 4.79 Å². The number of methoxy groups -OCH3 is 1. The molecule has 0 radical (unpaired) electrons. The van der Waals surface area contributed by atoms with Gasteiger partial charge in [-0.15, -0.1) is 11.3 Å². The number of aromatic nitrogens is 1. The molecule has 0 saturated heterocycles. The summed E-state index contributed by atoms with van der Waals surface area (Å²) in [6.07, 6.45) is 1.69. The molecule has 2 aromatic heterocycles.